The van der Waals surface area contributed by atoms with E-state index in [2.05, 4.69) is 0 Å². The third kappa shape index (κ3) is 2.42. The van der Waals surface area contributed by atoms with Gasteiger partial charge in [-0.2, -0.15) is 0 Å². The molecular formula is C11H13IO3. The first-order valence-corrected chi connectivity index (χ1v) is 5.72. The zero-order chi connectivity index (χ0) is 11.6. The summed E-state index contributed by atoms with van der Waals surface area (Å²) < 4.78 is 5.66. The van der Waals surface area contributed by atoms with Gasteiger partial charge in [0.2, 0.25) is 0 Å². The Balaban J connectivity index is 3.29. The van der Waals surface area contributed by atoms with Crippen molar-refractivity contribution in [3.05, 3.63) is 26.3 Å². The maximum atomic E-state index is 11.6. The lowest BCUT2D eigenvalue weighted by molar-refractivity contribution is 0.0524. The van der Waals surface area contributed by atoms with Gasteiger partial charge in [0.15, 0.2) is 0 Å². The molecule has 1 aromatic carbocycles. The number of phenolic OH excluding ortho intramolecular Hbond substituents is 1. The summed E-state index contributed by atoms with van der Waals surface area (Å²) in [5.41, 5.74) is 2.06. The lowest BCUT2D eigenvalue weighted by atomic mass is 10.0. The Labute approximate surface area is 103 Å². The van der Waals surface area contributed by atoms with Crippen LogP contribution in [-0.2, 0) is 4.74 Å². The van der Waals surface area contributed by atoms with E-state index in [4.69, 9.17) is 4.74 Å². The highest BCUT2D eigenvalue weighted by Crippen LogP contribution is 2.29. The molecule has 82 valence electrons. The minimum atomic E-state index is -0.328. The summed E-state index contributed by atoms with van der Waals surface area (Å²) in [5, 5.41) is 9.56. The summed E-state index contributed by atoms with van der Waals surface area (Å²) in [6.45, 7) is 5.72. The SMILES string of the molecule is CCOC(=O)c1c(C)cc(O)c(I)c1C. The van der Waals surface area contributed by atoms with Crippen molar-refractivity contribution in [1.82, 2.24) is 0 Å². The molecule has 0 aromatic heterocycles. The smallest absolute Gasteiger partial charge is 0.338 e. The number of esters is 1. The van der Waals surface area contributed by atoms with Crippen molar-refractivity contribution in [3.63, 3.8) is 0 Å². The lowest BCUT2D eigenvalue weighted by Gasteiger charge is -2.11. The van der Waals surface area contributed by atoms with Gasteiger partial charge in [-0.05, 0) is 60.6 Å². The maximum absolute atomic E-state index is 11.6. The van der Waals surface area contributed by atoms with Crippen molar-refractivity contribution in [2.75, 3.05) is 6.61 Å². The molecule has 4 heteroatoms. The van der Waals surface area contributed by atoms with Gasteiger partial charge in [-0.15, -0.1) is 0 Å². The average molecular weight is 320 g/mol. The van der Waals surface area contributed by atoms with Gasteiger partial charge >= 0.3 is 5.97 Å². The molecule has 1 aromatic rings. The first-order valence-electron chi connectivity index (χ1n) is 4.64. The van der Waals surface area contributed by atoms with E-state index in [-0.39, 0.29) is 11.7 Å². The fraction of sp³-hybridized carbons (Fsp3) is 0.364. The van der Waals surface area contributed by atoms with Crippen molar-refractivity contribution < 1.29 is 14.6 Å². The highest BCUT2D eigenvalue weighted by Gasteiger charge is 2.17. The molecule has 0 spiro atoms. The number of carbonyl (C=O) groups excluding carboxylic acids is 1. The van der Waals surface area contributed by atoms with Gasteiger partial charge in [-0.1, -0.05) is 0 Å². The van der Waals surface area contributed by atoms with Crippen LogP contribution in [0.15, 0.2) is 6.07 Å². The molecule has 15 heavy (non-hydrogen) atoms. The zero-order valence-corrected chi connectivity index (χ0v) is 11.1. The minimum Gasteiger partial charge on any atom is -0.507 e. The van der Waals surface area contributed by atoms with Crippen LogP contribution in [0.4, 0.5) is 0 Å². The topological polar surface area (TPSA) is 46.5 Å². The molecule has 0 aliphatic carbocycles. The maximum Gasteiger partial charge on any atom is 0.338 e. The number of benzene rings is 1. The number of rotatable bonds is 2. The molecule has 0 radical (unpaired) electrons. The summed E-state index contributed by atoms with van der Waals surface area (Å²) >= 11 is 2.02. The van der Waals surface area contributed by atoms with Gasteiger partial charge in [0, 0.05) is 0 Å². The van der Waals surface area contributed by atoms with E-state index in [1.165, 1.54) is 0 Å². The predicted octanol–water partition coefficient (Wildman–Crippen LogP) is 2.79. The van der Waals surface area contributed by atoms with Crippen LogP contribution in [0.1, 0.15) is 28.4 Å². The van der Waals surface area contributed by atoms with Gasteiger partial charge in [0.05, 0.1) is 15.7 Å². The largest absolute Gasteiger partial charge is 0.507 e. The van der Waals surface area contributed by atoms with Crippen molar-refractivity contribution >= 4 is 28.6 Å². The lowest BCUT2D eigenvalue weighted by Crippen LogP contribution is -2.10. The number of phenols is 1. The van der Waals surface area contributed by atoms with Crippen LogP contribution in [0.2, 0.25) is 0 Å². The average Bonchev–Trinajstić information content (AvgIpc) is 2.15. The van der Waals surface area contributed by atoms with E-state index >= 15 is 0 Å². The number of aromatic hydroxyl groups is 1. The van der Waals surface area contributed by atoms with Gasteiger partial charge in [0.1, 0.15) is 5.75 Å². The van der Waals surface area contributed by atoms with Crippen LogP contribution >= 0.6 is 22.6 Å². The first kappa shape index (κ1) is 12.3. The monoisotopic (exact) mass is 320 g/mol. The van der Waals surface area contributed by atoms with Crippen LogP contribution in [0.5, 0.6) is 5.75 Å². The molecule has 0 bridgehead atoms. The molecule has 1 rings (SSSR count). The summed E-state index contributed by atoms with van der Waals surface area (Å²) in [7, 11) is 0. The van der Waals surface area contributed by atoms with Gasteiger partial charge in [-0.25, -0.2) is 4.79 Å². The molecular weight excluding hydrogens is 307 g/mol. The Morgan fingerprint density at radius 2 is 2.13 bits per heavy atom. The van der Waals surface area contributed by atoms with E-state index in [1.807, 2.05) is 22.6 Å². The highest BCUT2D eigenvalue weighted by atomic mass is 127. The van der Waals surface area contributed by atoms with Crippen LogP contribution < -0.4 is 0 Å². The molecule has 0 aliphatic heterocycles. The van der Waals surface area contributed by atoms with E-state index in [9.17, 15) is 9.90 Å². The van der Waals surface area contributed by atoms with Crippen LogP contribution in [0.25, 0.3) is 0 Å². The van der Waals surface area contributed by atoms with E-state index in [0.717, 1.165) is 11.1 Å². The molecule has 0 atom stereocenters. The second-order valence-electron chi connectivity index (χ2n) is 3.25. The fourth-order valence-electron chi connectivity index (χ4n) is 1.46. The molecule has 0 amide bonds. The van der Waals surface area contributed by atoms with Crippen molar-refractivity contribution in [2.45, 2.75) is 20.8 Å². The zero-order valence-electron chi connectivity index (χ0n) is 8.93. The first-order chi connectivity index (χ1) is 6.99. The molecule has 0 saturated heterocycles. The van der Waals surface area contributed by atoms with Gasteiger partial charge in [-0.3, -0.25) is 0 Å². The Hall–Kier alpha value is -0.780. The number of ether oxygens (including phenoxy) is 1. The Morgan fingerprint density at radius 3 is 2.67 bits per heavy atom. The molecule has 1 N–H and O–H groups in total. The second-order valence-corrected chi connectivity index (χ2v) is 4.33. The third-order valence-corrected chi connectivity index (χ3v) is 3.52. The Bertz CT molecular complexity index is 399. The number of hydrogen-bond acceptors (Lipinski definition) is 3. The molecule has 3 nitrogen and oxygen atoms in total. The quantitative estimate of drug-likeness (QED) is 0.673. The minimum absolute atomic E-state index is 0.207. The van der Waals surface area contributed by atoms with Crippen molar-refractivity contribution in [3.8, 4) is 5.75 Å². The standard InChI is InChI=1S/C11H13IO3/c1-4-15-11(14)9-6(2)5-8(13)10(12)7(9)3/h5,13H,4H2,1-3H3. The normalized spacial score (nSPS) is 10.1. The molecule has 0 unspecified atom stereocenters. The van der Waals surface area contributed by atoms with Crippen LogP contribution in [0, 0.1) is 17.4 Å². The van der Waals surface area contributed by atoms with E-state index in [1.54, 1.807) is 26.8 Å². The van der Waals surface area contributed by atoms with Crippen LogP contribution in [-0.4, -0.2) is 17.7 Å². The molecule has 0 aliphatic rings. The Kier molecular flexibility index (Phi) is 3.96. The number of aryl methyl sites for hydroxylation is 1. The predicted molar refractivity (Wildman–Crippen MR) is 66.3 cm³/mol. The fourth-order valence-corrected chi connectivity index (χ4v) is 1.88. The number of halogens is 1. The number of hydrogen-bond donors (Lipinski definition) is 1. The Morgan fingerprint density at radius 1 is 1.53 bits per heavy atom. The molecule has 0 fully saturated rings. The summed E-state index contributed by atoms with van der Waals surface area (Å²) in [5.74, 6) is -0.121. The second kappa shape index (κ2) is 4.83. The van der Waals surface area contributed by atoms with Gasteiger partial charge in [0.25, 0.3) is 0 Å². The summed E-state index contributed by atoms with van der Waals surface area (Å²) in [6, 6.07) is 1.58. The van der Waals surface area contributed by atoms with Crippen molar-refractivity contribution in [2.24, 2.45) is 0 Å². The summed E-state index contributed by atoms with van der Waals surface area (Å²) in [6.07, 6.45) is 0. The van der Waals surface area contributed by atoms with Gasteiger partial charge < -0.3 is 9.84 Å². The van der Waals surface area contributed by atoms with E-state index < -0.39 is 0 Å². The van der Waals surface area contributed by atoms with Crippen molar-refractivity contribution in [1.29, 1.82) is 0 Å². The van der Waals surface area contributed by atoms with E-state index in [0.29, 0.717) is 15.7 Å². The highest BCUT2D eigenvalue weighted by molar-refractivity contribution is 14.1. The molecule has 0 heterocycles. The van der Waals surface area contributed by atoms with Crippen LogP contribution in [0.3, 0.4) is 0 Å². The number of carbonyl (C=O) groups is 1. The summed E-state index contributed by atoms with van der Waals surface area (Å²) in [4.78, 5) is 11.6. The molecule has 0 saturated carbocycles. The third-order valence-electron chi connectivity index (χ3n) is 2.16.